The zero-order chi connectivity index (χ0) is 8.93. The Hall–Kier alpha value is -1.28. The molecule has 2 rings (SSSR count). The number of hydrogen-bond donors (Lipinski definition) is 0. The van der Waals surface area contributed by atoms with E-state index in [-0.39, 0.29) is 6.29 Å². The second kappa shape index (κ2) is 4.10. The Bertz CT molecular complexity index is 271. The minimum atomic E-state index is -0.0831. The van der Waals surface area contributed by atoms with E-state index in [0.717, 1.165) is 6.42 Å². The Morgan fingerprint density at radius 1 is 1.31 bits per heavy atom. The average Bonchev–Trinajstić information content (AvgIpc) is 2.69. The lowest BCUT2D eigenvalue weighted by Crippen LogP contribution is -2.09. The largest absolute Gasteiger partial charge is 0.473 e. The molecule has 1 aromatic rings. The zero-order valence-corrected chi connectivity index (χ0v) is 7.35. The van der Waals surface area contributed by atoms with E-state index in [1.165, 1.54) is 5.56 Å². The maximum absolute atomic E-state index is 5.50. The molecule has 1 aromatic carbocycles. The van der Waals surface area contributed by atoms with Crippen LogP contribution < -0.4 is 0 Å². The van der Waals surface area contributed by atoms with Gasteiger partial charge in [0.25, 0.3) is 0 Å². The van der Waals surface area contributed by atoms with E-state index in [2.05, 4.69) is 0 Å². The summed E-state index contributed by atoms with van der Waals surface area (Å²) in [6, 6.07) is 10.1. The lowest BCUT2D eigenvalue weighted by Gasteiger charge is -2.11. The van der Waals surface area contributed by atoms with Crippen molar-refractivity contribution in [2.24, 2.45) is 0 Å². The third kappa shape index (κ3) is 2.33. The minimum Gasteiger partial charge on any atom is -0.473 e. The van der Waals surface area contributed by atoms with E-state index in [0.29, 0.717) is 6.61 Å². The van der Waals surface area contributed by atoms with Gasteiger partial charge in [-0.1, -0.05) is 30.3 Å². The van der Waals surface area contributed by atoms with E-state index in [1.54, 1.807) is 6.26 Å². The maximum atomic E-state index is 5.50. The molecule has 1 aliphatic heterocycles. The van der Waals surface area contributed by atoms with Crippen molar-refractivity contribution in [1.82, 2.24) is 0 Å². The van der Waals surface area contributed by atoms with Crippen LogP contribution in [0.1, 0.15) is 12.0 Å². The van der Waals surface area contributed by atoms with Gasteiger partial charge in [-0.15, -0.1) is 0 Å². The van der Waals surface area contributed by atoms with E-state index >= 15 is 0 Å². The van der Waals surface area contributed by atoms with Crippen molar-refractivity contribution in [1.29, 1.82) is 0 Å². The summed E-state index contributed by atoms with van der Waals surface area (Å²) in [4.78, 5) is 0. The van der Waals surface area contributed by atoms with Crippen molar-refractivity contribution in [3.8, 4) is 0 Å². The fourth-order valence-corrected chi connectivity index (χ4v) is 1.24. The number of benzene rings is 1. The molecule has 68 valence electrons. The molecule has 0 bridgehead atoms. The number of rotatable bonds is 3. The summed E-state index contributed by atoms with van der Waals surface area (Å²) in [6.45, 7) is 0.618. The molecule has 2 nitrogen and oxygen atoms in total. The molecule has 1 atom stereocenters. The predicted octanol–water partition coefficient (Wildman–Crippen LogP) is 2.46. The molecule has 13 heavy (non-hydrogen) atoms. The summed E-state index contributed by atoms with van der Waals surface area (Å²) >= 11 is 0. The highest BCUT2D eigenvalue weighted by Crippen LogP contribution is 2.12. The van der Waals surface area contributed by atoms with Crippen LogP contribution in [0.15, 0.2) is 42.7 Å². The first kappa shape index (κ1) is 8.32. The van der Waals surface area contributed by atoms with Crippen LogP contribution in [0.25, 0.3) is 0 Å². The Morgan fingerprint density at radius 2 is 2.15 bits per heavy atom. The summed E-state index contributed by atoms with van der Waals surface area (Å²) in [7, 11) is 0. The first-order valence-electron chi connectivity index (χ1n) is 4.41. The van der Waals surface area contributed by atoms with Gasteiger partial charge in [0.05, 0.1) is 12.9 Å². The fraction of sp³-hybridized carbons (Fsp3) is 0.273. The van der Waals surface area contributed by atoms with E-state index in [9.17, 15) is 0 Å². The SMILES string of the molecule is C1=COC(OCc2ccccc2)C1. The Morgan fingerprint density at radius 3 is 2.85 bits per heavy atom. The average molecular weight is 176 g/mol. The van der Waals surface area contributed by atoms with Crippen LogP contribution in [0, 0.1) is 0 Å². The molecule has 0 fully saturated rings. The number of ether oxygens (including phenoxy) is 2. The van der Waals surface area contributed by atoms with Crippen LogP contribution in [0.3, 0.4) is 0 Å². The monoisotopic (exact) mass is 176 g/mol. The Kier molecular flexibility index (Phi) is 2.62. The second-order valence-electron chi connectivity index (χ2n) is 2.97. The van der Waals surface area contributed by atoms with Gasteiger partial charge in [-0.05, 0) is 11.6 Å². The third-order valence-corrected chi connectivity index (χ3v) is 1.93. The van der Waals surface area contributed by atoms with E-state index < -0.39 is 0 Å². The van der Waals surface area contributed by atoms with Crippen LogP contribution >= 0.6 is 0 Å². The van der Waals surface area contributed by atoms with Crippen LogP contribution in [0.5, 0.6) is 0 Å². The molecule has 0 N–H and O–H groups in total. The molecule has 2 heteroatoms. The van der Waals surface area contributed by atoms with Gasteiger partial charge in [0.1, 0.15) is 0 Å². The second-order valence-corrected chi connectivity index (χ2v) is 2.97. The predicted molar refractivity (Wildman–Crippen MR) is 49.9 cm³/mol. The van der Waals surface area contributed by atoms with E-state index in [1.807, 2.05) is 36.4 Å². The third-order valence-electron chi connectivity index (χ3n) is 1.93. The molecule has 0 aromatic heterocycles. The van der Waals surface area contributed by atoms with Gasteiger partial charge in [-0.2, -0.15) is 0 Å². The van der Waals surface area contributed by atoms with Crippen LogP contribution in [-0.2, 0) is 16.1 Å². The summed E-state index contributed by atoms with van der Waals surface area (Å²) in [5.74, 6) is 0. The molecule has 0 saturated carbocycles. The summed E-state index contributed by atoms with van der Waals surface area (Å²) in [6.07, 6.45) is 4.43. The fourth-order valence-electron chi connectivity index (χ4n) is 1.24. The van der Waals surface area contributed by atoms with Gasteiger partial charge < -0.3 is 9.47 Å². The summed E-state index contributed by atoms with van der Waals surface area (Å²) in [5.41, 5.74) is 1.18. The van der Waals surface area contributed by atoms with Crippen molar-refractivity contribution in [2.45, 2.75) is 19.3 Å². The van der Waals surface area contributed by atoms with Gasteiger partial charge in [-0.25, -0.2) is 0 Å². The Balaban J connectivity index is 1.80. The molecule has 0 spiro atoms. The van der Waals surface area contributed by atoms with Gasteiger partial charge in [-0.3, -0.25) is 0 Å². The molecule has 1 unspecified atom stereocenters. The smallest absolute Gasteiger partial charge is 0.202 e. The lowest BCUT2D eigenvalue weighted by molar-refractivity contribution is -0.100. The van der Waals surface area contributed by atoms with Crippen molar-refractivity contribution < 1.29 is 9.47 Å². The standard InChI is InChI=1S/C11H12O2/c1-2-5-10(6-3-1)9-13-11-7-4-8-12-11/h1-6,8,11H,7,9H2. The first-order valence-corrected chi connectivity index (χ1v) is 4.41. The molecule has 0 saturated heterocycles. The minimum absolute atomic E-state index is 0.0831. The van der Waals surface area contributed by atoms with Gasteiger partial charge in [0.15, 0.2) is 0 Å². The van der Waals surface area contributed by atoms with E-state index in [4.69, 9.17) is 9.47 Å². The summed E-state index contributed by atoms with van der Waals surface area (Å²) in [5, 5.41) is 0. The van der Waals surface area contributed by atoms with Crippen LogP contribution in [0.2, 0.25) is 0 Å². The normalized spacial score (nSPS) is 20.2. The van der Waals surface area contributed by atoms with Gasteiger partial charge >= 0.3 is 0 Å². The molecular weight excluding hydrogens is 164 g/mol. The van der Waals surface area contributed by atoms with Crippen molar-refractivity contribution in [3.05, 3.63) is 48.2 Å². The highest BCUT2D eigenvalue weighted by molar-refractivity contribution is 5.13. The molecule has 1 heterocycles. The highest BCUT2D eigenvalue weighted by Gasteiger charge is 2.10. The van der Waals surface area contributed by atoms with Crippen molar-refractivity contribution >= 4 is 0 Å². The van der Waals surface area contributed by atoms with Crippen LogP contribution in [0.4, 0.5) is 0 Å². The lowest BCUT2D eigenvalue weighted by atomic mass is 10.2. The zero-order valence-electron chi connectivity index (χ0n) is 7.35. The topological polar surface area (TPSA) is 18.5 Å². The Labute approximate surface area is 77.8 Å². The summed E-state index contributed by atoms with van der Waals surface area (Å²) < 4.78 is 10.7. The maximum Gasteiger partial charge on any atom is 0.202 e. The van der Waals surface area contributed by atoms with Crippen molar-refractivity contribution in [2.75, 3.05) is 0 Å². The van der Waals surface area contributed by atoms with Gasteiger partial charge in [0, 0.05) is 6.42 Å². The quantitative estimate of drug-likeness (QED) is 0.704. The molecule has 0 radical (unpaired) electrons. The highest BCUT2D eigenvalue weighted by atomic mass is 16.7. The van der Waals surface area contributed by atoms with Gasteiger partial charge in [0.2, 0.25) is 6.29 Å². The molecule has 0 amide bonds. The first-order chi connectivity index (χ1) is 6.45. The van der Waals surface area contributed by atoms with Crippen molar-refractivity contribution in [3.63, 3.8) is 0 Å². The molecular formula is C11H12O2. The molecule has 0 aliphatic carbocycles. The molecule has 1 aliphatic rings. The van der Waals surface area contributed by atoms with Crippen LogP contribution in [-0.4, -0.2) is 6.29 Å². The number of hydrogen-bond acceptors (Lipinski definition) is 2.